The van der Waals surface area contributed by atoms with Crippen molar-refractivity contribution in [1.29, 1.82) is 0 Å². The van der Waals surface area contributed by atoms with Crippen LogP contribution in [0.4, 0.5) is 0 Å². The van der Waals surface area contributed by atoms with Gasteiger partial charge in [-0.2, -0.15) is 0 Å². The molecule has 7 nitrogen and oxygen atoms in total. The molecule has 0 unspecified atom stereocenters. The minimum atomic E-state index is -0.155. The Labute approximate surface area is 220 Å². The Morgan fingerprint density at radius 3 is 2.47 bits per heavy atom. The molecule has 0 radical (unpaired) electrons. The molecule has 1 aliphatic rings. The van der Waals surface area contributed by atoms with Gasteiger partial charge in [0.15, 0.2) is 23.9 Å². The highest BCUT2D eigenvalue weighted by molar-refractivity contribution is 5.97. The van der Waals surface area contributed by atoms with Crippen LogP contribution < -0.4 is 24.4 Å². The summed E-state index contributed by atoms with van der Waals surface area (Å²) in [6, 6.07) is 16.0. The number of carbonyl (C=O) groups is 1. The SMILES string of the molecule is CCCc1cc2c(=O)c(-c3ccc4c(c3)OCCCO4)c(C)oc2cc1OCC(=O)c1ccc(OC)cc1. The highest BCUT2D eigenvalue weighted by atomic mass is 16.5. The van der Waals surface area contributed by atoms with Gasteiger partial charge >= 0.3 is 0 Å². The van der Waals surface area contributed by atoms with Crippen LogP contribution in [0.15, 0.2) is 63.8 Å². The Hall–Kier alpha value is -4.26. The summed E-state index contributed by atoms with van der Waals surface area (Å²) in [6.45, 7) is 4.85. The first-order chi connectivity index (χ1) is 18.5. The van der Waals surface area contributed by atoms with Gasteiger partial charge in [0.2, 0.25) is 5.43 Å². The molecule has 1 aromatic heterocycles. The van der Waals surface area contributed by atoms with Gasteiger partial charge in [-0.3, -0.25) is 9.59 Å². The van der Waals surface area contributed by atoms with E-state index in [1.165, 1.54) is 0 Å². The van der Waals surface area contributed by atoms with E-state index in [0.29, 0.717) is 76.1 Å². The standard InChI is InChI=1S/C31H30O7/c1-4-6-21-15-24-28(17-27(21)37-18-25(32)20-7-10-23(34-3)11-8-20)38-19(2)30(31(24)33)22-9-12-26-29(16-22)36-14-5-13-35-26/h7-12,15-17H,4-6,13-14,18H2,1-3H3. The summed E-state index contributed by atoms with van der Waals surface area (Å²) in [5.74, 6) is 2.84. The van der Waals surface area contributed by atoms with Gasteiger partial charge in [-0.15, -0.1) is 0 Å². The van der Waals surface area contributed by atoms with Crippen LogP contribution in [0, 0.1) is 6.92 Å². The minimum Gasteiger partial charge on any atom is -0.497 e. The molecule has 0 atom stereocenters. The van der Waals surface area contributed by atoms with Crippen LogP contribution in [0.2, 0.25) is 0 Å². The Kier molecular flexibility index (Phi) is 7.36. The average Bonchev–Trinajstić information content (AvgIpc) is 3.17. The first-order valence-corrected chi connectivity index (χ1v) is 12.8. The zero-order chi connectivity index (χ0) is 26.6. The fourth-order valence-corrected chi connectivity index (χ4v) is 4.63. The van der Waals surface area contributed by atoms with Gasteiger partial charge in [0, 0.05) is 18.1 Å². The summed E-state index contributed by atoms with van der Waals surface area (Å²) in [5.41, 5.74) is 2.87. The average molecular weight is 515 g/mol. The lowest BCUT2D eigenvalue weighted by Gasteiger charge is -2.14. The van der Waals surface area contributed by atoms with Crippen molar-refractivity contribution in [2.75, 3.05) is 26.9 Å². The Morgan fingerprint density at radius 1 is 0.974 bits per heavy atom. The summed E-state index contributed by atoms with van der Waals surface area (Å²) in [6.07, 6.45) is 2.34. The number of rotatable bonds is 8. The second-order valence-corrected chi connectivity index (χ2v) is 9.22. The topological polar surface area (TPSA) is 84.2 Å². The minimum absolute atomic E-state index is 0.128. The van der Waals surface area contributed by atoms with Crippen molar-refractivity contribution in [3.05, 3.63) is 81.7 Å². The summed E-state index contributed by atoms with van der Waals surface area (Å²) in [4.78, 5) is 26.4. The molecule has 2 heterocycles. The number of hydrogen-bond donors (Lipinski definition) is 0. The molecule has 7 heteroatoms. The normalized spacial score (nSPS) is 12.7. The van der Waals surface area contributed by atoms with Gasteiger partial charge in [0.05, 0.1) is 31.3 Å². The van der Waals surface area contributed by atoms with Gasteiger partial charge in [-0.1, -0.05) is 19.4 Å². The number of ether oxygens (including phenoxy) is 4. The van der Waals surface area contributed by atoms with Crippen molar-refractivity contribution < 1.29 is 28.2 Å². The number of benzene rings is 3. The van der Waals surface area contributed by atoms with E-state index in [2.05, 4.69) is 6.92 Å². The lowest BCUT2D eigenvalue weighted by molar-refractivity contribution is 0.0921. The molecule has 0 bridgehead atoms. The van der Waals surface area contributed by atoms with Gasteiger partial charge in [0.25, 0.3) is 0 Å². The quantitative estimate of drug-likeness (QED) is 0.261. The summed E-state index contributed by atoms with van der Waals surface area (Å²) < 4.78 is 28.8. The molecule has 0 fully saturated rings. The van der Waals surface area contributed by atoms with Crippen molar-refractivity contribution in [2.45, 2.75) is 33.1 Å². The van der Waals surface area contributed by atoms with Crippen molar-refractivity contribution in [1.82, 2.24) is 0 Å². The molecule has 38 heavy (non-hydrogen) atoms. The molecule has 4 aromatic rings. The number of carbonyl (C=O) groups excluding carboxylic acids is 1. The predicted molar refractivity (Wildman–Crippen MR) is 145 cm³/mol. The third kappa shape index (κ3) is 5.09. The first kappa shape index (κ1) is 25.4. The third-order valence-electron chi connectivity index (χ3n) is 6.58. The highest BCUT2D eigenvalue weighted by Gasteiger charge is 2.19. The van der Waals surface area contributed by atoms with Gasteiger partial charge in [-0.25, -0.2) is 0 Å². The number of Topliss-reactive ketones (excluding diaryl/α,β-unsaturated/α-hetero) is 1. The van der Waals surface area contributed by atoms with Crippen LogP contribution in [0.5, 0.6) is 23.0 Å². The highest BCUT2D eigenvalue weighted by Crippen LogP contribution is 2.36. The lowest BCUT2D eigenvalue weighted by atomic mass is 10.00. The maximum absolute atomic E-state index is 13.7. The maximum Gasteiger partial charge on any atom is 0.200 e. The first-order valence-electron chi connectivity index (χ1n) is 12.8. The monoisotopic (exact) mass is 514 g/mol. The van der Waals surface area contributed by atoms with Crippen LogP contribution in [0.25, 0.3) is 22.1 Å². The molecular formula is C31H30O7. The number of hydrogen-bond acceptors (Lipinski definition) is 7. The molecule has 3 aromatic carbocycles. The van der Waals surface area contributed by atoms with Crippen LogP contribution in [0.3, 0.4) is 0 Å². The zero-order valence-electron chi connectivity index (χ0n) is 21.8. The van der Waals surface area contributed by atoms with Crippen molar-refractivity contribution in [2.24, 2.45) is 0 Å². The molecule has 5 rings (SSSR count). The summed E-state index contributed by atoms with van der Waals surface area (Å²) >= 11 is 0. The number of fused-ring (bicyclic) bond motifs is 2. The van der Waals surface area contributed by atoms with Crippen LogP contribution in [-0.2, 0) is 6.42 Å². The fraction of sp³-hybridized carbons (Fsp3) is 0.290. The molecule has 0 amide bonds. The van der Waals surface area contributed by atoms with Gasteiger partial charge < -0.3 is 23.4 Å². The second-order valence-electron chi connectivity index (χ2n) is 9.22. The molecule has 1 aliphatic heterocycles. The molecule has 196 valence electrons. The third-order valence-corrected chi connectivity index (χ3v) is 6.58. The molecule has 0 saturated heterocycles. The van der Waals surface area contributed by atoms with Crippen LogP contribution >= 0.6 is 0 Å². The van der Waals surface area contributed by atoms with Crippen molar-refractivity contribution >= 4 is 16.8 Å². The van der Waals surface area contributed by atoms with Crippen LogP contribution in [-0.4, -0.2) is 32.7 Å². The summed E-state index contributed by atoms with van der Waals surface area (Å²) in [5, 5.41) is 0.468. The van der Waals surface area contributed by atoms with E-state index in [4.69, 9.17) is 23.4 Å². The van der Waals surface area contributed by atoms with E-state index in [1.807, 2.05) is 24.3 Å². The van der Waals surface area contributed by atoms with Crippen molar-refractivity contribution in [3.8, 4) is 34.1 Å². The Balaban J connectivity index is 1.48. The molecular weight excluding hydrogens is 484 g/mol. The van der Waals surface area contributed by atoms with Gasteiger partial charge in [0.1, 0.15) is 22.8 Å². The zero-order valence-corrected chi connectivity index (χ0v) is 21.8. The van der Waals surface area contributed by atoms with E-state index in [0.717, 1.165) is 18.4 Å². The number of aryl methyl sites for hydroxylation is 2. The number of methoxy groups -OCH3 is 1. The Morgan fingerprint density at radius 2 is 1.74 bits per heavy atom. The van der Waals surface area contributed by atoms with E-state index in [9.17, 15) is 9.59 Å². The number of ketones is 1. The smallest absolute Gasteiger partial charge is 0.200 e. The van der Waals surface area contributed by atoms with Crippen LogP contribution in [0.1, 0.15) is 41.4 Å². The van der Waals surface area contributed by atoms with E-state index >= 15 is 0 Å². The van der Waals surface area contributed by atoms with E-state index in [-0.39, 0.29) is 17.8 Å². The molecule has 0 aliphatic carbocycles. The molecule has 0 saturated carbocycles. The van der Waals surface area contributed by atoms with Gasteiger partial charge in [-0.05, 0) is 66.9 Å². The lowest BCUT2D eigenvalue weighted by Crippen LogP contribution is -2.13. The molecule has 0 spiro atoms. The fourth-order valence-electron chi connectivity index (χ4n) is 4.63. The van der Waals surface area contributed by atoms with E-state index < -0.39 is 0 Å². The van der Waals surface area contributed by atoms with Crippen molar-refractivity contribution in [3.63, 3.8) is 0 Å². The Bertz CT molecular complexity index is 1530. The maximum atomic E-state index is 13.7. The predicted octanol–water partition coefficient (Wildman–Crippen LogP) is 6.15. The molecule has 0 N–H and O–H groups in total. The largest absolute Gasteiger partial charge is 0.497 e. The summed E-state index contributed by atoms with van der Waals surface area (Å²) in [7, 11) is 1.58. The van der Waals surface area contributed by atoms with E-state index in [1.54, 1.807) is 44.4 Å². The second kappa shape index (κ2) is 11.0.